The van der Waals surface area contributed by atoms with E-state index in [1.807, 2.05) is 13.8 Å². The molecule has 0 aliphatic heterocycles. The summed E-state index contributed by atoms with van der Waals surface area (Å²) in [4.78, 5) is 11.3. The van der Waals surface area contributed by atoms with Crippen LogP contribution in [0, 0.1) is 19.8 Å². The van der Waals surface area contributed by atoms with Gasteiger partial charge in [0, 0.05) is 6.54 Å². The van der Waals surface area contributed by atoms with Crippen LogP contribution in [0.25, 0.3) is 0 Å². The molecular weight excluding hydrogens is 306 g/mol. The topological polar surface area (TPSA) is 101 Å². The first-order valence-electron chi connectivity index (χ1n) is 7.39. The van der Waals surface area contributed by atoms with Crippen molar-refractivity contribution in [3.63, 3.8) is 0 Å². The fraction of sp³-hybridized carbons (Fsp3) is 0.714. The SMILES string of the molecule is CCCC(NS(=O)(=O)c1c(C)nn(CC(C)C)c1C)C(=O)O. The van der Waals surface area contributed by atoms with Crippen LogP contribution in [0.3, 0.4) is 0 Å². The number of hydrogen-bond acceptors (Lipinski definition) is 4. The molecule has 0 radical (unpaired) electrons. The largest absolute Gasteiger partial charge is 0.480 e. The van der Waals surface area contributed by atoms with Gasteiger partial charge in [-0.3, -0.25) is 9.48 Å². The quantitative estimate of drug-likeness (QED) is 0.755. The number of nitrogens with zero attached hydrogens (tertiary/aromatic N) is 2. The number of hydrogen-bond donors (Lipinski definition) is 2. The van der Waals surface area contributed by atoms with Crippen molar-refractivity contribution in [3.8, 4) is 0 Å². The fourth-order valence-corrected chi connectivity index (χ4v) is 4.00. The Morgan fingerprint density at radius 2 is 1.95 bits per heavy atom. The Hall–Kier alpha value is -1.41. The summed E-state index contributed by atoms with van der Waals surface area (Å²) < 4.78 is 29.0. The lowest BCUT2D eigenvalue weighted by atomic mass is 10.2. The van der Waals surface area contributed by atoms with Crippen LogP contribution >= 0.6 is 0 Å². The zero-order valence-electron chi connectivity index (χ0n) is 13.8. The summed E-state index contributed by atoms with van der Waals surface area (Å²) in [5.41, 5.74) is 0.908. The maximum Gasteiger partial charge on any atom is 0.321 e. The molecule has 1 atom stereocenters. The molecule has 0 saturated heterocycles. The molecule has 0 amide bonds. The summed E-state index contributed by atoms with van der Waals surface area (Å²) in [5, 5.41) is 13.4. The molecule has 0 fully saturated rings. The van der Waals surface area contributed by atoms with Crippen LogP contribution < -0.4 is 4.72 Å². The average Bonchev–Trinajstić information content (AvgIpc) is 2.63. The molecule has 126 valence electrons. The molecule has 0 aromatic carbocycles. The number of carbonyl (C=O) groups is 1. The molecule has 1 heterocycles. The molecule has 0 spiro atoms. The van der Waals surface area contributed by atoms with E-state index in [0.29, 0.717) is 30.3 Å². The summed E-state index contributed by atoms with van der Waals surface area (Å²) in [6, 6.07) is -1.12. The molecule has 1 aromatic heterocycles. The van der Waals surface area contributed by atoms with Gasteiger partial charge in [0.1, 0.15) is 10.9 Å². The first kappa shape index (κ1) is 18.6. The van der Waals surface area contributed by atoms with Gasteiger partial charge in [-0.2, -0.15) is 9.82 Å². The van der Waals surface area contributed by atoms with Crippen molar-refractivity contribution in [3.05, 3.63) is 11.4 Å². The van der Waals surface area contributed by atoms with Gasteiger partial charge in [-0.15, -0.1) is 0 Å². The van der Waals surface area contributed by atoms with E-state index >= 15 is 0 Å². The van der Waals surface area contributed by atoms with E-state index in [-0.39, 0.29) is 11.3 Å². The maximum absolute atomic E-state index is 12.5. The van der Waals surface area contributed by atoms with Crippen LogP contribution in [-0.2, 0) is 21.4 Å². The highest BCUT2D eigenvalue weighted by molar-refractivity contribution is 7.89. The third-order valence-corrected chi connectivity index (χ3v) is 5.02. The Morgan fingerprint density at radius 1 is 1.36 bits per heavy atom. The molecule has 8 heteroatoms. The number of nitrogens with one attached hydrogen (secondary N) is 1. The smallest absolute Gasteiger partial charge is 0.321 e. The minimum Gasteiger partial charge on any atom is -0.480 e. The highest BCUT2D eigenvalue weighted by atomic mass is 32.2. The average molecular weight is 331 g/mol. The number of aliphatic carboxylic acids is 1. The standard InChI is InChI=1S/C14H25N3O4S/c1-6-7-12(14(18)19)16-22(20,21)13-10(4)15-17(11(13)5)8-9(2)3/h9,12,16H,6-8H2,1-5H3,(H,18,19). The Balaban J connectivity index is 3.17. The van der Waals surface area contributed by atoms with E-state index in [2.05, 4.69) is 9.82 Å². The van der Waals surface area contributed by atoms with Crippen LogP contribution in [-0.4, -0.2) is 35.3 Å². The van der Waals surface area contributed by atoms with Crippen molar-refractivity contribution < 1.29 is 18.3 Å². The summed E-state index contributed by atoms with van der Waals surface area (Å²) >= 11 is 0. The molecule has 0 aliphatic rings. The lowest BCUT2D eigenvalue weighted by Crippen LogP contribution is -2.40. The lowest BCUT2D eigenvalue weighted by molar-refractivity contribution is -0.139. The van der Waals surface area contributed by atoms with Gasteiger partial charge < -0.3 is 5.11 Å². The molecule has 1 rings (SSSR count). The van der Waals surface area contributed by atoms with Crippen molar-refractivity contribution in [1.82, 2.24) is 14.5 Å². The highest BCUT2D eigenvalue weighted by Crippen LogP contribution is 2.21. The summed E-state index contributed by atoms with van der Waals surface area (Å²) in [6.07, 6.45) is 0.816. The van der Waals surface area contributed by atoms with Crippen LogP contribution in [0.4, 0.5) is 0 Å². The fourth-order valence-electron chi connectivity index (χ4n) is 2.36. The Morgan fingerprint density at radius 3 is 2.41 bits per heavy atom. The second-order valence-electron chi connectivity index (χ2n) is 5.88. The van der Waals surface area contributed by atoms with Crippen LogP contribution in [0.2, 0.25) is 0 Å². The van der Waals surface area contributed by atoms with Crippen molar-refractivity contribution in [2.75, 3.05) is 0 Å². The second-order valence-corrected chi connectivity index (χ2v) is 7.53. The first-order chi connectivity index (χ1) is 10.1. The molecule has 1 unspecified atom stereocenters. The van der Waals surface area contributed by atoms with Gasteiger partial charge in [0.2, 0.25) is 10.0 Å². The molecule has 0 aliphatic carbocycles. The monoisotopic (exact) mass is 331 g/mol. The van der Waals surface area contributed by atoms with Gasteiger partial charge in [-0.1, -0.05) is 27.2 Å². The first-order valence-corrected chi connectivity index (χ1v) is 8.87. The number of aromatic nitrogens is 2. The van der Waals surface area contributed by atoms with Gasteiger partial charge in [0.15, 0.2) is 0 Å². The van der Waals surface area contributed by atoms with Crippen molar-refractivity contribution in [2.24, 2.45) is 5.92 Å². The Bertz CT molecular complexity index is 635. The van der Waals surface area contributed by atoms with E-state index in [1.54, 1.807) is 25.5 Å². The molecule has 2 N–H and O–H groups in total. The number of sulfonamides is 1. The number of rotatable bonds is 8. The van der Waals surface area contributed by atoms with E-state index in [0.717, 1.165) is 0 Å². The molecule has 0 bridgehead atoms. The Labute approximate surface area is 131 Å². The van der Waals surface area contributed by atoms with Crippen molar-refractivity contribution >= 4 is 16.0 Å². The molecule has 0 saturated carbocycles. The van der Waals surface area contributed by atoms with E-state index < -0.39 is 22.0 Å². The summed E-state index contributed by atoms with van der Waals surface area (Å²) in [7, 11) is -3.92. The zero-order chi connectivity index (χ0) is 17.1. The van der Waals surface area contributed by atoms with Gasteiger partial charge in [0.05, 0.1) is 11.4 Å². The Kier molecular flexibility index (Phi) is 6.13. The van der Waals surface area contributed by atoms with Gasteiger partial charge in [0.25, 0.3) is 0 Å². The predicted molar refractivity (Wildman–Crippen MR) is 83.2 cm³/mol. The van der Waals surface area contributed by atoms with E-state index in [9.17, 15) is 13.2 Å². The highest BCUT2D eigenvalue weighted by Gasteiger charge is 2.29. The van der Waals surface area contributed by atoms with Gasteiger partial charge >= 0.3 is 5.97 Å². The van der Waals surface area contributed by atoms with Crippen molar-refractivity contribution in [2.45, 2.75) is 64.9 Å². The van der Waals surface area contributed by atoms with Crippen LogP contribution in [0.1, 0.15) is 45.0 Å². The van der Waals surface area contributed by atoms with Crippen molar-refractivity contribution in [1.29, 1.82) is 0 Å². The van der Waals surface area contributed by atoms with E-state index in [4.69, 9.17) is 5.11 Å². The minimum absolute atomic E-state index is 0.0792. The normalized spacial score (nSPS) is 13.5. The van der Waals surface area contributed by atoms with Crippen LogP contribution in [0.15, 0.2) is 4.90 Å². The predicted octanol–water partition coefficient (Wildman–Crippen LogP) is 1.69. The van der Waals surface area contributed by atoms with E-state index in [1.165, 1.54) is 0 Å². The maximum atomic E-state index is 12.5. The number of carboxylic acids is 1. The summed E-state index contributed by atoms with van der Waals surface area (Å²) in [6.45, 7) is 9.76. The third-order valence-electron chi connectivity index (χ3n) is 3.29. The van der Waals surface area contributed by atoms with Gasteiger partial charge in [-0.25, -0.2) is 8.42 Å². The molecule has 1 aromatic rings. The van der Waals surface area contributed by atoms with Crippen LogP contribution in [0.5, 0.6) is 0 Å². The third kappa shape index (κ3) is 4.30. The minimum atomic E-state index is -3.92. The molecule has 22 heavy (non-hydrogen) atoms. The molecule has 7 nitrogen and oxygen atoms in total. The summed E-state index contributed by atoms with van der Waals surface area (Å²) in [5.74, 6) is -0.844. The van der Waals surface area contributed by atoms with Gasteiger partial charge in [-0.05, 0) is 26.2 Å². The zero-order valence-corrected chi connectivity index (χ0v) is 14.6. The lowest BCUT2D eigenvalue weighted by Gasteiger charge is -2.14. The number of aryl methyl sites for hydroxylation is 1. The number of carboxylic acid groups (broad SMARTS) is 1. The molecular formula is C14H25N3O4S. The second kappa shape index (κ2) is 7.23.